The number of rotatable bonds is 3. The van der Waals surface area contributed by atoms with Gasteiger partial charge in [-0.2, -0.15) is 19.7 Å². The minimum Gasteiger partial charge on any atom is -0.481 e. The smallest absolute Gasteiger partial charge is 0.259 e. The predicted octanol–water partition coefficient (Wildman–Crippen LogP) is 0.570. The molecule has 0 aliphatic carbocycles. The lowest BCUT2D eigenvalue weighted by Gasteiger charge is -2.06. The number of methoxy groups -OCH3 is 2. The highest BCUT2D eigenvalue weighted by Gasteiger charge is 2.11. The summed E-state index contributed by atoms with van der Waals surface area (Å²) in [5, 5.41) is 4.19. The highest BCUT2D eigenvalue weighted by molar-refractivity contribution is 5.38. The van der Waals surface area contributed by atoms with E-state index < -0.39 is 0 Å². The standard InChI is InChI=1S/C10H13N5O2/c1-6-4-7(11)15(14-6)10-12-8(16-2)5-9(13-10)17-3/h4-5H,11H2,1-3H3. The first kappa shape index (κ1) is 11.2. The highest BCUT2D eigenvalue weighted by atomic mass is 16.5. The third-order valence-corrected chi connectivity index (χ3v) is 2.13. The van der Waals surface area contributed by atoms with Crippen molar-refractivity contribution >= 4 is 5.82 Å². The predicted molar refractivity (Wildman–Crippen MR) is 61.4 cm³/mol. The molecule has 0 bridgehead atoms. The number of nitrogen functional groups attached to an aromatic ring is 1. The van der Waals surface area contributed by atoms with E-state index in [4.69, 9.17) is 15.2 Å². The van der Waals surface area contributed by atoms with E-state index >= 15 is 0 Å². The van der Waals surface area contributed by atoms with Gasteiger partial charge in [0.2, 0.25) is 11.8 Å². The summed E-state index contributed by atoms with van der Waals surface area (Å²) in [5.74, 6) is 1.54. The van der Waals surface area contributed by atoms with Crippen LogP contribution in [0.5, 0.6) is 11.8 Å². The zero-order valence-corrected chi connectivity index (χ0v) is 9.84. The molecule has 0 saturated heterocycles. The van der Waals surface area contributed by atoms with Crippen LogP contribution in [0.25, 0.3) is 5.95 Å². The fourth-order valence-electron chi connectivity index (χ4n) is 1.38. The molecule has 90 valence electrons. The molecule has 2 rings (SSSR count). The molecule has 0 aliphatic heterocycles. The van der Waals surface area contributed by atoms with Crippen LogP contribution in [0.2, 0.25) is 0 Å². The van der Waals surface area contributed by atoms with Crippen LogP contribution in [0.3, 0.4) is 0 Å². The van der Waals surface area contributed by atoms with Gasteiger partial charge in [0, 0.05) is 6.07 Å². The van der Waals surface area contributed by atoms with Crippen molar-refractivity contribution in [3.8, 4) is 17.7 Å². The normalized spacial score (nSPS) is 10.3. The van der Waals surface area contributed by atoms with Gasteiger partial charge in [-0.3, -0.25) is 0 Å². The summed E-state index contributed by atoms with van der Waals surface area (Å²) in [6.07, 6.45) is 0. The van der Waals surface area contributed by atoms with E-state index in [-0.39, 0.29) is 0 Å². The fourth-order valence-corrected chi connectivity index (χ4v) is 1.38. The highest BCUT2D eigenvalue weighted by Crippen LogP contribution is 2.18. The Bertz CT molecular complexity index is 515. The maximum absolute atomic E-state index is 5.80. The van der Waals surface area contributed by atoms with Crippen LogP contribution >= 0.6 is 0 Å². The van der Waals surface area contributed by atoms with Gasteiger partial charge in [0.05, 0.1) is 26.0 Å². The van der Waals surface area contributed by atoms with E-state index in [9.17, 15) is 0 Å². The Kier molecular flexibility index (Phi) is 2.82. The second-order valence-electron chi connectivity index (χ2n) is 3.38. The van der Waals surface area contributed by atoms with Crippen LogP contribution in [-0.2, 0) is 0 Å². The van der Waals surface area contributed by atoms with Crippen molar-refractivity contribution in [1.82, 2.24) is 19.7 Å². The zero-order chi connectivity index (χ0) is 12.4. The molecule has 17 heavy (non-hydrogen) atoms. The Balaban J connectivity index is 2.54. The average Bonchev–Trinajstić information content (AvgIpc) is 2.67. The molecular weight excluding hydrogens is 222 g/mol. The first-order valence-corrected chi connectivity index (χ1v) is 4.93. The largest absolute Gasteiger partial charge is 0.481 e. The minimum atomic E-state index is 0.312. The lowest BCUT2D eigenvalue weighted by atomic mass is 10.5. The van der Waals surface area contributed by atoms with Crippen molar-refractivity contribution in [1.29, 1.82) is 0 Å². The van der Waals surface area contributed by atoms with Crippen molar-refractivity contribution in [3.63, 3.8) is 0 Å². The Morgan fingerprint density at radius 3 is 2.12 bits per heavy atom. The van der Waals surface area contributed by atoms with Gasteiger partial charge >= 0.3 is 0 Å². The molecule has 0 unspecified atom stereocenters. The van der Waals surface area contributed by atoms with E-state index in [1.165, 1.54) is 18.9 Å². The van der Waals surface area contributed by atoms with Crippen molar-refractivity contribution in [2.24, 2.45) is 0 Å². The van der Waals surface area contributed by atoms with Crippen molar-refractivity contribution in [2.45, 2.75) is 6.92 Å². The van der Waals surface area contributed by atoms with Gasteiger partial charge in [-0.05, 0) is 6.92 Å². The Morgan fingerprint density at radius 1 is 1.12 bits per heavy atom. The third kappa shape index (κ3) is 2.12. The lowest BCUT2D eigenvalue weighted by Crippen LogP contribution is -2.08. The van der Waals surface area contributed by atoms with Gasteiger partial charge in [-0.15, -0.1) is 0 Å². The average molecular weight is 235 g/mol. The molecule has 0 atom stereocenters. The topological polar surface area (TPSA) is 88.1 Å². The molecule has 0 aliphatic rings. The van der Waals surface area contributed by atoms with E-state index in [1.807, 2.05) is 6.92 Å². The van der Waals surface area contributed by atoms with Crippen molar-refractivity contribution in [2.75, 3.05) is 20.0 Å². The van der Waals surface area contributed by atoms with Crippen LogP contribution in [-0.4, -0.2) is 34.0 Å². The number of nitrogens with two attached hydrogens (primary N) is 1. The third-order valence-electron chi connectivity index (χ3n) is 2.13. The maximum atomic E-state index is 5.80. The fraction of sp³-hybridized carbons (Fsp3) is 0.300. The van der Waals surface area contributed by atoms with Gasteiger partial charge in [-0.1, -0.05) is 0 Å². The molecule has 0 fully saturated rings. The van der Waals surface area contributed by atoms with Crippen molar-refractivity contribution in [3.05, 3.63) is 17.8 Å². The monoisotopic (exact) mass is 235 g/mol. The molecule has 0 radical (unpaired) electrons. The second-order valence-corrected chi connectivity index (χ2v) is 3.38. The molecule has 0 saturated carbocycles. The summed E-state index contributed by atoms with van der Waals surface area (Å²) in [5.41, 5.74) is 6.58. The first-order valence-electron chi connectivity index (χ1n) is 4.93. The van der Waals surface area contributed by atoms with E-state index in [1.54, 1.807) is 12.1 Å². The summed E-state index contributed by atoms with van der Waals surface area (Å²) in [6.45, 7) is 1.84. The number of aromatic nitrogens is 4. The summed E-state index contributed by atoms with van der Waals surface area (Å²) in [7, 11) is 3.03. The quantitative estimate of drug-likeness (QED) is 0.836. The Morgan fingerprint density at radius 2 is 1.71 bits per heavy atom. The number of anilines is 1. The Hall–Kier alpha value is -2.31. The number of ether oxygens (including phenoxy) is 2. The molecule has 0 aromatic carbocycles. The molecule has 2 N–H and O–H groups in total. The van der Waals surface area contributed by atoms with Gasteiger partial charge in [-0.25, -0.2) is 0 Å². The van der Waals surface area contributed by atoms with E-state index in [0.29, 0.717) is 23.5 Å². The second kappa shape index (κ2) is 4.28. The van der Waals surface area contributed by atoms with Gasteiger partial charge < -0.3 is 15.2 Å². The number of hydrogen-bond donors (Lipinski definition) is 1. The molecule has 7 heteroatoms. The lowest BCUT2D eigenvalue weighted by molar-refractivity contribution is 0.370. The molecule has 2 aromatic rings. The van der Waals surface area contributed by atoms with Crippen LogP contribution in [0.4, 0.5) is 5.82 Å². The minimum absolute atomic E-state index is 0.312. The van der Waals surface area contributed by atoms with E-state index in [2.05, 4.69) is 15.1 Å². The van der Waals surface area contributed by atoms with Gasteiger partial charge in [0.25, 0.3) is 5.95 Å². The summed E-state index contributed by atoms with van der Waals surface area (Å²) >= 11 is 0. The van der Waals surface area contributed by atoms with Crippen molar-refractivity contribution < 1.29 is 9.47 Å². The van der Waals surface area contributed by atoms with Gasteiger partial charge in [0.15, 0.2) is 0 Å². The number of nitrogens with zero attached hydrogens (tertiary/aromatic N) is 4. The van der Waals surface area contributed by atoms with Crippen LogP contribution in [0, 0.1) is 6.92 Å². The van der Waals surface area contributed by atoms with Gasteiger partial charge in [0.1, 0.15) is 5.82 Å². The Labute approximate surface area is 98.2 Å². The van der Waals surface area contributed by atoms with Crippen LogP contribution in [0.1, 0.15) is 5.69 Å². The first-order chi connectivity index (χ1) is 8.13. The molecular formula is C10H13N5O2. The molecule has 7 nitrogen and oxygen atoms in total. The molecule has 2 heterocycles. The number of hydrogen-bond acceptors (Lipinski definition) is 6. The number of aryl methyl sites for hydroxylation is 1. The van der Waals surface area contributed by atoms with E-state index in [0.717, 1.165) is 5.69 Å². The van der Waals surface area contributed by atoms with Crippen LogP contribution in [0.15, 0.2) is 12.1 Å². The maximum Gasteiger partial charge on any atom is 0.259 e. The summed E-state index contributed by atoms with van der Waals surface area (Å²) in [6, 6.07) is 3.31. The molecule has 2 aromatic heterocycles. The zero-order valence-electron chi connectivity index (χ0n) is 9.84. The summed E-state index contributed by atoms with van der Waals surface area (Å²) < 4.78 is 11.5. The van der Waals surface area contributed by atoms with Crippen LogP contribution < -0.4 is 15.2 Å². The molecule has 0 amide bonds. The SMILES string of the molecule is COc1cc(OC)nc(-n2nc(C)cc2N)n1. The summed E-state index contributed by atoms with van der Waals surface area (Å²) in [4.78, 5) is 8.30. The molecule has 0 spiro atoms.